The van der Waals surface area contributed by atoms with E-state index in [1.807, 2.05) is 6.92 Å². The molecule has 1 aliphatic rings. The molecule has 1 saturated heterocycles. The van der Waals surface area contributed by atoms with Crippen molar-refractivity contribution in [2.24, 2.45) is 0 Å². The van der Waals surface area contributed by atoms with Crippen LogP contribution >= 0.6 is 0 Å². The summed E-state index contributed by atoms with van der Waals surface area (Å²) < 4.78 is 10.4. The van der Waals surface area contributed by atoms with E-state index in [0.29, 0.717) is 13.2 Å². The highest BCUT2D eigenvalue weighted by atomic mass is 16.6. The number of esters is 1. The number of hydrogen-bond donors (Lipinski definition) is 0. The van der Waals surface area contributed by atoms with Gasteiger partial charge in [0.2, 0.25) is 0 Å². The zero-order chi connectivity index (χ0) is 16.1. The molecule has 0 aliphatic carbocycles. The second-order valence-electron chi connectivity index (χ2n) is 6.64. The lowest BCUT2D eigenvalue weighted by atomic mass is 10.0. The maximum atomic E-state index is 11.7. The molecule has 0 amide bonds. The Labute approximate surface area is 137 Å². The zero-order valence-electron chi connectivity index (χ0n) is 14.8. The van der Waals surface area contributed by atoms with E-state index in [0.717, 1.165) is 12.8 Å². The molecule has 0 spiro atoms. The van der Waals surface area contributed by atoms with Crippen LogP contribution in [0.1, 0.15) is 97.3 Å². The summed E-state index contributed by atoms with van der Waals surface area (Å²) in [6.07, 6.45) is 16.9. The normalized spacial score (nSPS) is 20.1. The van der Waals surface area contributed by atoms with Gasteiger partial charge in [-0.1, -0.05) is 77.6 Å². The molecule has 0 radical (unpaired) electrons. The number of carbonyl (C=O) groups is 1. The summed E-state index contributed by atoms with van der Waals surface area (Å²) in [5.74, 6) is -0.155. The standard InChI is InChI=1S/C19H36O3/c1-3-5-6-7-8-9-10-11-12-13-14-15-16-19(17-22-19)18(20)21-4-2/h3-17H2,1-2H3/t19-/m1/s1. The minimum Gasteiger partial charge on any atom is -0.464 e. The smallest absolute Gasteiger partial charge is 0.340 e. The van der Waals surface area contributed by atoms with Crippen molar-refractivity contribution in [3.05, 3.63) is 0 Å². The van der Waals surface area contributed by atoms with Crippen molar-refractivity contribution in [2.45, 2.75) is 103 Å². The molecule has 1 rings (SSSR count). The molecule has 0 bridgehead atoms. The van der Waals surface area contributed by atoms with Crippen LogP contribution in [0.4, 0.5) is 0 Å². The molecular formula is C19H36O3. The van der Waals surface area contributed by atoms with Gasteiger partial charge in [0, 0.05) is 0 Å². The monoisotopic (exact) mass is 312 g/mol. The van der Waals surface area contributed by atoms with Crippen LogP contribution in [0.25, 0.3) is 0 Å². The molecule has 130 valence electrons. The fourth-order valence-electron chi connectivity index (χ4n) is 2.97. The summed E-state index contributed by atoms with van der Waals surface area (Å²) in [4.78, 5) is 11.7. The van der Waals surface area contributed by atoms with Gasteiger partial charge in [0.05, 0.1) is 13.2 Å². The van der Waals surface area contributed by atoms with E-state index in [1.54, 1.807) is 0 Å². The van der Waals surface area contributed by atoms with Crippen LogP contribution in [0.15, 0.2) is 0 Å². The third kappa shape index (κ3) is 8.17. The summed E-state index contributed by atoms with van der Waals surface area (Å²) >= 11 is 0. The van der Waals surface area contributed by atoms with Crippen LogP contribution in [0.3, 0.4) is 0 Å². The Bertz CT molecular complexity index is 284. The maximum absolute atomic E-state index is 11.7. The molecule has 0 unspecified atom stereocenters. The molecule has 1 aliphatic heterocycles. The largest absolute Gasteiger partial charge is 0.464 e. The van der Waals surface area contributed by atoms with Crippen LogP contribution in [-0.2, 0) is 14.3 Å². The molecule has 0 aromatic heterocycles. The van der Waals surface area contributed by atoms with E-state index < -0.39 is 5.60 Å². The average molecular weight is 312 g/mol. The van der Waals surface area contributed by atoms with Crippen molar-refractivity contribution in [1.29, 1.82) is 0 Å². The minimum absolute atomic E-state index is 0.155. The number of unbranched alkanes of at least 4 members (excludes halogenated alkanes) is 11. The van der Waals surface area contributed by atoms with Crippen molar-refractivity contribution >= 4 is 5.97 Å². The van der Waals surface area contributed by atoms with Gasteiger partial charge in [0.25, 0.3) is 0 Å². The van der Waals surface area contributed by atoms with Crippen molar-refractivity contribution in [2.75, 3.05) is 13.2 Å². The topological polar surface area (TPSA) is 38.8 Å². The number of hydrogen-bond acceptors (Lipinski definition) is 3. The molecule has 3 heteroatoms. The van der Waals surface area contributed by atoms with Crippen LogP contribution in [-0.4, -0.2) is 24.8 Å². The average Bonchev–Trinajstić information content (AvgIpc) is 3.30. The molecule has 22 heavy (non-hydrogen) atoms. The van der Waals surface area contributed by atoms with Gasteiger partial charge in [-0.15, -0.1) is 0 Å². The van der Waals surface area contributed by atoms with Gasteiger partial charge >= 0.3 is 5.97 Å². The summed E-state index contributed by atoms with van der Waals surface area (Å²) in [6, 6.07) is 0. The van der Waals surface area contributed by atoms with E-state index >= 15 is 0 Å². The van der Waals surface area contributed by atoms with Crippen molar-refractivity contribution in [3.63, 3.8) is 0 Å². The molecule has 1 atom stereocenters. The third-order valence-corrected chi connectivity index (χ3v) is 4.57. The number of carbonyl (C=O) groups excluding carboxylic acids is 1. The van der Waals surface area contributed by atoms with E-state index in [2.05, 4.69) is 6.92 Å². The van der Waals surface area contributed by atoms with E-state index in [9.17, 15) is 4.79 Å². The van der Waals surface area contributed by atoms with Gasteiger partial charge in [-0.05, 0) is 19.8 Å². The van der Waals surface area contributed by atoms with Crippen LogP contribution in [0.2, 0.25) is 0 Å². The Balaban J connectivity index is 1.83. The fourth-order valence-corrected chi connectivity index (χ4v) is 2.97. The van der Waals surface area contributed by atoms with Crippen molar-refractivity contribution in [1.82, 2.24) is 0 Å². The first-order valence-electron chi connectivity index (χ1n) is 9.56. The maximum Gasteiger partial charge on any atom is 0.340 e. The van der Waals surface area contributed by atoms with Crippen LogP contribution in [0, 0.1) is 0 Å². The molecule has 3 nitrogen and oxygen atoms in total. The predicted molar refractivity (Wildman–Crippen MR) is 91.0 cm³/mol. The lowest BCUT2D eigenvalue weighted by Gasteiger charge is -2.10. The van der Waals surface area contributed by atoms with Gasteiger partial charge in [0.1, 0.15) is 0 Å². The first kappa shape index (κ1) is 19.5. The van der Waals surface area contributed by atoms with Gasteiger partial charge in [-0.3, -0.25) is 0 Å². The lowest BCUT2D eigenvalue weighted by molar-refractivity contribution is -0.149. The highest BCUT2D eigenvalue weighted by Crippen LogP contribution is 2.34. The Morgan fingerprint density at radius 1 is 0.864 bits per heavy atom. The Morgan fingerprint density at radius 2 is 1.32 bits per heavy atom. The SMILES string of the molecule is CCCCCCCCCCCCCC[C@]1(C(=O)OCC)CO1. The van der Waals surface area contributed by atoms with Gasteiger partial charge in [-0.25, -0.2) is 4.79 Å². The highest BCUT2D eigenvalue weighted by Gasteiger charge is 2.52. The quantitative estimate of drug-likeness (QED) is 0.230. The molecule has 0 N–H and O–H groups in total. The first-order valence-corrected chi connectivity index (χ1v) is 9.56. The summed E-state index contributed by atoms with van der Waals surface area (Å²) in [6.45, 7) is 5.12. The van der Waals surface area contributed by atoms with E-state index in [-0.39, 0.29) is 5.97 Å². The summed E-state index contributed by atoms with van der Waals surface area (Å²) in [7, 11) is 0. The Hall–Kier alpha value is -0.570. The molecule has 0 aromatic rings. The van der Waals surface area contributed by atoms with E-state index in [4.69, 9.17) is 9.47 Å². The second kappa shape index (κ2) is 11.9. The zero-order valence-corrected chi connectivity index (χ0v) is 14.8. The molecule has 1 heterocycles. The van der Waals surface area contributed by atoms with Crippen molar-refractivity contribution < 1.29 is 14.3 Å². The first-order chi connectivity index (χ1) is 10.7. The van der Waals surface area contributed by atoms with Crippen LogP contribution < -0.4 is 0 Å². The molecule has 0 saturated carbocycles. The molecule has 0 aromatic carbocycles. The summed E-state index contributed by atoms with van der Waals surface area (Å²) in [5.41, 5.74) is -0.561. The van der Waals surface area contributed by atoms with Crippen LogP contribution in [0.5, 0.6) is 0 Å². The van der Waals surface area contributed by atoms with Gasteiger partial charge in [0.15, 0.2) is 5.60 Å². The Kier molecular flexibility index (Phi) is 10.6. The van der Waals surface area contributed by atoms with Gasteiger partial charge in [-0.2, -0.15) is 0 Å². The number of rotatable bonds is 15. The second-order valence-corrected chi connectivity index (χ2v) is 6.64. The van der Waals surface area contributed by atoms with Crippen molar-refractivity contribution in [3.8, 4) is 0 Å². The Morgan fingerprint density at radius 3 is 1.73 bits per heavy atom. The molecular weight excluding hydrogens is 276 g/mol. The van der Waals surface area contributed by atoms with E-state index in [1.165, 1.54) is 70.6 Å². The third-order valence-electron chi connectivity index (χ3n) is 4.57. The van der Waals surface area contributed by atoms with Gasteiger partial charge < -0.3 is 9.47 Å². The lowest BCUT2D eigenvalue weighted by Crippen LogP contribution is -2.27. The fraction of sp³-hybridized carbons (Fsp3) is 0.947. The number of ether oxygens (including phenoxy) is 2. The minimum atomic E-state index is -0.561. The molecule has 1 fully saturated rings. The summed E-state index contributed by atoms with van der Waals surface area (Å²) in [5, 5.41) is 0. The number of epoxide rings is 1. The predicted octanol–water partition coefficient (Wildman–Crippen LogP) is 5.41. The highest BCUT2D eigenvalue weighted by molar-refractivity contribution is 5.82.